The Bertz CT molecular complexity index is 1520. The summed E-state index contributed by atoms with van der Waals surface area (Å²) in [5.74, 6) is -0.221. The molecule has 0 aliphatic heterocycles. The van der Waals surface area contributed by atoms with Gasteiger partial charge in [0.05, 0.1) is 45.1 Å². The van der Waals surface area contributed by atoms with Crippen molar-refractivity contribution in [2.24, 2.45) is 0 Å². The van der Waals surface area contributed by atoms with Crippen LogP contribution < -0.4 is 53.6 Å². The topological polar surface area (TPSA) is 120 Å². The fraction of sp³-hybridized carbons (Fsp3) is 0.241. The summed E-state index contributed by atoms with van der Waals surface area (Å²) in [4.78, 5) is 26.5. The quantitative estimate of drug-likeness (QED) is 0.149. The van der Waals surface area contributed by atoms with Crippen molar-refractivity contribution >= 4 is 40.1 Å². The van der Waals surface area contributed by atoms with E-state index in [0.717, 1.165) is 11.7 Å². The molecule has 0 aliphatic rings. The number of allylic oxidation sites excluding steroid dienone is 1. The van der Waals surface area contributed by atoms with Gasteiger partial charge in [0.25, 0.3) is 0 Å². The van der Waals surface area contributed by atoms with E-state index in [-0.39, 0.29) is 58.8 Å². The van der Waals surface area contributed by atoms with Gasteiger partial charge in [0.15, 0.2) is 17.3 Å². The second kappa shape index (κ2) is 13.8. The van der Waals surface area contributed by atoms with E-state index in [2.05, 4.69) is 8.75 Å². The third kappa shape index (κ3) is 6.82. The van der Waals surface area contributed by atoms with Gasteiger partial charge in [0.2, 0.25) is 5.75 Å². The minimum absolute atomic E-state index is 0. The maximum absolute atomic E-state index is 13.9. The normalized spacial score (nSPS) is 11.4. The molecule has 4 rings (SSSR count). The number of aromatic nitrogens is 2. The number of carbonyl (C=O) groups is 2. The van der Waals surface area contributed by atoms with Gasteiger partial charge in [-0.2, -0.15) is 8.75 Å². The number of carboxylic acid groups (broad SMARTS) is 1. The molecule has 0 saturated heterocycles. The molecule has 11 heteroatoms. The number of hydrogen-bond donors (Lipinski definition) is 0. The molecule has 0 saturated carbocycles. The van der Waals surface area contributed by atoms with Crippen LogP contribution in [-0.4, -0.2) is 47.9 Å². The molecule has 0 aliphatic carbocycles. The second-order valence-corrected chi connectivity index (χ2v) is 9.37. The van der Waals surface area contributed by atoms with E-state index in [1.807, 2.05) is 13.8 Å². The Balaban J connectivity index is 0.00000441. The van der Waals surface area contributed by atoms with Gasteiger partial charge >= 0.3 is 29.6 Å². The van der Waals surface area contributed by atoms with E-state index in [9.17, 15) is 14.7 Å². The van der Waals surface area contributed by atoms with Crippen LogP contribution in [-0.2, 0) is 11.2 Å². The molecule has 9 nitrogen and oxygen atoms in total. The predicted octanol–water partition coefficient (Wildman–Crippen LogP) is 1.14. The maximum Gasteiger partial charge on any atom is 1.00 e. The van der Waals surface area contributed by atoms with E-state index in [0.29, 0.717) is 45.2 Å². The van der Waals surface area contributed by atoms with Gasteiger partial charge < -0.3 is 28.8 Å². The maximum atomic E-state index is 13.9. The molecular formula is C29H27N2NaO7S. The van der Waals surface area contributed by atoms with E-state index in [1.54, 1.807) is 54.6 Å². The number of ether oxygens (including phenoxy) is 4. The summed E-state index contributed by atoms with van der Waals surface area (Å²) in [6.07, 6.45) is -0.207. The van der Waals surface area contributed by atoms with Gasteiger partial charge in [-0.1, -0.05) is 6.07 Å². The van der Waals surface area contributed by atoms with Gasteiger partial charge in [0.1, 0.15) is 16.8 Å². The third-order valence-corrected chi connectivity index (χ3v) is 6.49. The summed E-state index contributed by atoms with van der Waals surface area (Å²) < 4.78 is 30.6. The first-order chi connectivity index (χ1) is 18.7. The molecule has 1 heterocycles. The molecule has 0 unspecified atom stereocenters. The summed E-state index contributed by atoms with van der Waals surface area (Å²) in [6.45, 7) is 3.75. The fourth-order valence-electron chi connectivity index (χ4n) is 4.14. The number of aliphatic carboxylic acids is 1. The number of rotatable bonds is 11. The molecule has 4 aromatic rings. The van der Waals surface area contributed by atoms with Crippen LogP contribution in [0.3, 0.4) is 0 Å². The Morgan fingerprint density at radius 1 is 0.850 bits per heavy atom. The van der Waals surface area contributed by atoms with Crippen LogP contribution >= 0.6 is 11.7 Å². The largest absolute Gasteiger partial charge is 1.00 e. The summed E-state index contributed by atoms with van der Waals surface area (Å²) in [7, 11) is 4.51. The van der Waals surface area contributed by atoms with Crippen molar-refractivity contribution in [1.82, 2.24) is 8.75 Å². The monoisotopic (exact) mass is 570 g/mol. The van der Waals surface area contributed by atoms with Gasteiger partial charge in [-0.05, 0) is 73.5 Å². The Kier molecular flexibility index (Phi) is 10.7. The number of carbonyl (C=O) groups excluding carboxylic acids is 2. The molecule has 0 atom stereocenters. The standard InChI is InChI=1S/C29H28N2O7S.Na/c1-16(2)38-28-24(36-4)13-17(14-25(28)37-5)12-21(27(32)18-6-9-20(35-3)10-7-18)26(29(33)34)19-8-11-22-23(15-19)31-39-30-22;/h6-11,13-16H,12H2,1-5H3,(H,33,34);/q;+1/p-1/b26-21+;. The fourth-order valence-corrected chi connectivity index (χ4v) is 4.66. The van der Waals surface area contributed by atoms with Crippen molar-refractivity contribution in [1.29, 1.82) is 0 Å². The number of benzene rings is 3. The molecule has 0 radical (unpaired) electrons. The van der Waals surface area contributed by atoms with Crippen molar-refractivity contribution in [3.8, 4) is 23.0 Å². The summed E-state index contributed by atoms with van der Waals surface area (Å²) >= 11 is 1.02. The Morgan fingerprint density at radius 3 is 2.00 bits per heavy atom. The number of methoxy groups -OCH3 is 3. The summed E-state index contributed by atoms with van der Waals surface area (Å²) in [5, 5.41) is 12.6. The van der Waals surface area contributed by atoms with Crippen molar-refractivity contribution in [2.45, 2.75) is 26.4 Å². The third-order valence-electron chi connectivity index (χ3n) is 5.93. The molecule has 0 bridgehead atoms. The van der Waals surface area contributed by atoms with Gasteiger partial charge in [0, 0.05) is 23.1 Å². The Morgan fingerprint density at radius 2 is 1.45 bits per heavy atom. The number of hydrogen-bond acceptors (Lipinski definition) is 10. The smallest absolute Gasteiger partial charge is 0.545 e. The number of nitrogens with zero attached hydrogens (tertiary/aromatic N) is 2. The van der Waals surface area contributed by atoms with Gasteiger partial charge in [-0.3, -0.25) is 4.79 Å². The van der Waals surface area contributed by atoms with Crippen LogP contribution in [0.4, 0.5) is 0 Å². The minimum atomic E-state index is -1.49. The molecule has 202 valence electrons. The predicted molar refractivity (Wildman–Crippen MR) is 146 cm³/mol. The van der Waals surface area contributed by atoms with Crippen LogP contribution in [0.15, 0.2) is 60.2 Å². The van der Waals surface area contributed by atoms with E-state index >= 15 is 0 Å². The molecule has 0 spiro atoms. The first-order valence-electron chi connectivity index (χ1n) is 12.0. The molecule has 0 amide bonds. The Hall–Kier alpha value is -3.44. The molecule has 1 aromatic heterocycles. The number of carboxylic acids is 1. The molecule has 0 N–H and O–H groups in total. The van der Waals surface area contributed by atoms with Crippen molar-refractivity contribution < 1.29 is 63.2 Å². The molecule has 40 heavy (non-hydrogen) atoms. The zero-order valence-corrected chi connectivity index (χ0v) is 26.0. The summed E-state index contributed by atoms with van der Waals surface area (Å²) in [5.41, 5.74) is 2.07. The van der Waals surface area contributed by atoms with Crippen LogP contribution in [0.2, 0.25) is 0 Å². The number of ketones is 1. The number of Topliss-reactive ketones (excluding diaryl/α,β-unsaturated/α-hetero) is 1. The van der Waals surface area contributed by atoms with Crippen molar-refractivity contribution in [3.05, 3.63) is 76.9 Å². The van der Waals surface area contributed by atoms with E-state index in [1.165, 1.54) is 21.3 Å². The van der Waals surface area contributed by atoms with Crippen LogP contribution in [0.5, 0.6) is 23.0 Å². The van der Waals surface area contributed by atoms with E-state index < -0.39 is 11.8 Å². The van der Waals surface area contributed by atoms with Crippen LogP contribution in [0.1, 0.15) is 35.3 Å². The van der Waals surface area contributed by atoms with Crippen LogP contribution in [0, 0.1) is 0 Å². The van der Waals surface area contributed by atoms with Crippen molar-refractivity contribution in [2.75, 3.05) is 21.3 Å². The Labute approximate surface area is 258 Å². The second-order valence-electron chi connectivity index (χ2n) is 8.84. The summed E-state index contributed by atoms with van der Waals surface area (Å²) in [6, 6.07) is 14.7. The average Bonchev–Trinajstić information content (AvgIpc) is 3.40. The molecular weight excluding hydrogens is 543 g/mol. The molecule has 0 fully saturated rings. The average molecular weight is 571 g/mol. The SMILES string of the molecule is COc1ccc(C(=O)/C(Cc2cc(OC)c(OC(C)C)c(OC)c2)=C(/C(=O)[O-])c2ccc3nsnc3c2)cc1.[Na+]. The van der Waals surface area contributed by atoms with E-state index in [4.69, 9.17) is 18.9 Å². The van der Waals surface area contributed by atoms with Crippen molar-refractivity contribution in [3.63, 3.8) is 0 Å². The van der Waals surface area contributed by atoms with Crippen LogP contribution in [0.25, 0.3) is 16.6 Å². The number of fused-ring (bicyclic) bond motifs is 1. The zero-order chi connectivity index (χ0) is 28.1. The van der Waals surface area contributed by atoms with Gasteiger partial charge in [-0.15, -0.1) is 0 Å². The zero-order valence-electron chi connectivity index (χ0n) is 23.1. The minimum Gasteiger partial charge on any atom is -0.545 e. The first-order valence-corrected chi connectivity index (χ1v) is 12.8. The first kappa shape index (κ1) is 31.1. The molecule has 3 aromatic carbocycles. The van der Waals surface area contributed by atoms with Gasteiger partial charge in [-0.25, -0.2) is 0 Å².